The first-order valence-electron chi connectivity index (χ1n) is 7.67. The number of sulfonamides is 1. The maximum absolute atomic E-state index is 13.4. The number of rotatable bonds is 3. The van der Waals surface area contributed by atoms with E-state index in [2.05, 4.69) is 10.2 Å². The molecule has 9 heteroatoms. The zero-order valence-electron chi connectivity index (χ0n) is 13.1. The highest BCUT2D eigenvalue weighted by Crippen LogP contribution is 2.25. The van der Waals surface area contributed by atoms with Gasteiger partial charge in [-0.2, -0.15) is 9.57 Å². The fourth-order valence-electron chi connectivity index (χ4n) is 3.17. The van der Waals surface area contributed by atoms with Crippen molar-refractivity contribution >= 4 is 22.4 Å². The molecule has 0 aromatic heterocycles. The van der Waals surface area contributed by atoms with Gasteiger partial charge in [0, 0.05) is 45.3 Å². The third kappa shape index (κ3) is 3.71. The van der Waals surface area contributed by atoms with Crippen molar-refractivity contribution in [2.75, 3.05) is 39.3 Å². The van der Waals surface area contributed by atoms with Crippen LogP contribution in [-0.4, -0.2) is 62.9 Å². The van der Waals surface area contributed by atoms with Crippen LogP contribution in [0.15, 0.2) is 23.1 Å². The Morgan fingerprint density at radius 1 is 1.25 bits per heavy atom. The second-order valence-electron chi connectivity index (χ2n) is 5.84. The number of hydrogen-bond acceptors (Lipinski definition) is 5. The zero-order chi connectivity index (χ0) is 16.4. The maximum Gasteiger partial charge on any atom is 0.243 e. The second kappa shape index (κ2) is 7.76. The minimum Gasteiger partial charge on any atom is -0.314 e. The average Bonchev–Trinajstić information content (AvgIpc) is 3.07. The lowest BCUT2D eigenvalue weighted by atomic mass is 10.2. The third-order valence-corrected chi connectivity index (χ3v) is 6.35. The molecular weight excluding hydrogens is 355 g/mol. The summed E-state index contributed by atoms with van der Waals surface area (Å²) in [6, 6.07) is 5.29. The lowest BCUT2D eigenvalue weighted by molar-refractivity contribution is 0.179. The molecule has 1 aromatic rings. The van der Waals surface area contributed by atoms with E-state index < -0.39 is 15.8 Å². The molecule has 0 radical (unpaired) electrons. The minimum atomic E-state index is -3.69. The van der Waals surface area contributed by atoms with Crippen molar-refractivity contribution in [2.24, 2.45) is 0 Å². The summed E-state index contributed by atoms with van der Waals surface area (Å²) in [6.07, 6.45) is 0.797. The molecular formula is C15H20ClFN4O2S. The van der Waals surface area contributed by atoms with Crippen molar-refractivity contribution in [2.45, 2.75) is 17.4 Å². The van der Waals surface area contributed by atoms with Crippen molar-refractivity contribution in [3.8, 4) is 6.07 Å². The van der Waals surface area contributed by atoms with Gasteiger partial charge >= 0.3 is 0 Å². The summed E-state index contributed by atoms with van der Waals surface area (Å²) in [5, 5.41) is 12.2. The Morgan fingerprint density at radius 3 is 2.62 bits per heavy atom. The molecule has 2 fully saturated rings. The predicted octanol–water partition coefficient (Wildman–Crippen LogP) is 0.787. The number of nitriles is 1. The second-order valence-corrected chi connectivity index (χ2v) is 7.78. The van der Waals surface area contributed by atoms with Gasteiger partial charge in [-0.25, -0.2) is 12.8 Å². The lowest BCUT2D eigenvalue weighted by Gasteiger charge is -2.32. The number of halogens is 2. The van der Waals surface area contributed by atoms with Crippen LogP contribution in [0, 0.1) is 17.1 Å². The van der Waals surface area contributed by atoms with Crippen molar-refractivity contribution < 1.29 is 12.8 Å². The number of benzene rings is 1. The first kappa shape index (κ1) is 19.1. The fraction of sp³-hybridized carbons (Fsp3) is 0.533. The van der Waals surface area contributed by atoms with Crippen molar-refractivity contribution in [3.63, 3.8) is 0 Å². The van der Waals surface area contributed by atoms with Crippen LogP contribution >= 0.6 is 12.4 Å². The molecule has 2 aliphatic heterocycles. The molecule has 1 unspecified atom stereocenters. The molecule has 1 aromatic carbocycles. The summed E-state index contributed by atoms with van der Waals surface area (Å²) in [4.78, 5) is 2.30. The van der Waals surface area contributed by atoms with Crippen molar-refractivity contribution in [1.82, 2.24) is 14.5 Å². The zero-order valence-corrected chi connectivity index (χ0v) is 14.7. The molecule has 2 saturated heterocycles. The van der Waals surface area contributed by atoms with E-state index in [1.54, 1.807) is 6.07 Å². The SMILES string of the molecule is Cl.N#Cc1cc(S(=O)(=O)N2CCC(N3CCNCC3)C2)ccc1F. The van der Waals surface area contributed by atoms with Crippen LogP contribution in [0.4, 0.5) is 4.39 Å². The minimum absolute atomic E-state index is 0. The summed E-state index contributed by atoms with van der Waals surface area (Å²) >= 11 is 0. The van der Waals surface area contributed by atoms with Gasteiger partial charge in [-0.1, -0.05) is 0 Å². The Morgan fingerprint density at radius 2 is 1.96 bits per heavy atom. The summed E-state index contributed by atoms with van der Waals surface area (Å²) in [7, 11) is -3.69. The molecule has 0 bridgehead atoms. The molecule has 132 valence electrons. The van der Waals surface area contributed by atoms with Gasteiger partial charge in [0.1, 0.15) is 11.9 Å². The monoisotopic (exact) mass is 374 g/mol. The van der Waals surface area contributed by atoms with Gasteiger partial charge in [0.15, 0.2) is 0 Å². The Bertz CT molecular complexity index is 731. The maximum atomic E-state index is 13.4. The highest BCUT2D eigenvalue weighted by molar-refractivity contribution is 7.89. The van der Waals surface area contributed by atoms with E-state index in [1.807, 2.05) is 0 Å². The topological polar surface area (TPSA) is 76.4 Å². The number of hydrogen-bond donors (Lipinski definition) is 1. The average molecular weight is 375 g/mol. The normalized spacial score (nSPS) is 22.8. The van der Waals surface area contributed by atoms with Gasteiger partial charge in [0.2, 0.25) is 10.0 Å². The molecule has 1 N–H and O–H groups in total. The number of nitrogens with zero attached hydrogens (tertiary/aromatic N) is 3. The Labute approximate surface area is 147 Å². The summed E-state index contributed by atoms with van der Waals surface area (Å²) in [6.45, 7) is 4.60. The van der Waals surface area contributed by atoms with E-state index in [-0.39, 0.29) is 28.9 Å². The molecule has 0 amide bonds. The molecule has 3 rings (SSSR count). The van der Waals surface area contributed by atoms with E-state index in [4.69, 9.17) is 5.26 Å². The van der Waals surface area contributed by atoms with E-state index >= 15 is 0 Å². The van der Waals surface area contributed by atoms with Crippen LogP contribution in [0.2, 0.25) is 0 Å². The smallest absolute Gasteiger partial charge is 0.243 e. The van der Waals surface area contributed by atoms with Gasteiger partial charge < -0.3 is 5.32 Å². The van der Waals surface area contributed by atoms with Crippen LogP contribution in [0.25, 0.3) is 0 Å². The predicted molar refractivity (Wildman–Crippen MR) is 90.0 cm³/mol. The Balaban J connectivity index is 0.00000208. The van der Waals surface area contributed by atoms with E-state index in [0.717, 1.165) is 44.7 Å². The number of nitrogens with one attached hydrogen (secondary N) is 1. The first-order chi connectivity index (χ1) is 11.0. The highest BCUT2D eigenvalue weighted by Gasteiger charge is 2.35. The quantitative estimate of drug-likeness (QED) is 0.846. The van der Waals surface area contributed by atoms with Gasteiger partial charge in [0.25, 0.3) is 0 Å². The molecule has 0 saturated carbocycles. The summed E-state index contributed by atoms with van der Waals surface area (Å²) in [5.74, 6) is -0.702. The van der Waals surface area contributed by atoms with Crippen LogP contribution in [0.1, 0.15) is 12.0 Å². The van der Waals surface area contributed by atoms with Gasteiger partial charge in [-0.05, 0) is 24.6 Å². The molecule has 2 heterocycles. The van der Waals surface area contributed by atoms with Gasteiger partial charge in [-0.3, -0.25) is 4.90 Å². The van der Waals surface area contributed by atoms with Crippen LogP contribution < -0.4 is 5.32 Å². The van der Waals surface area contributed by atoms with Crippen molar-refractivity contribution in [1.29, 1.82) is 5.26 Å². The van der Waals surface area contributed by atoms with E-state index in [1.165, 1.54) is 10.4 Å². The molecule has 24 heavy (non-hydrogen) atoms. The molecule has 1 atom stereocenters. The fourth-order valence-corrected chi connectivity index (χ4v) is 4.69. The molecule has 0 spiro atoms. The Hall–Kier alpha value is -1.24. The number of piperazine rings is 1. The summed E-state index contributed by atoms with van der Waals surface area (Å²) < 4.78 is 40.2. The van der Waals surface area contributed by atoms with Crippen LogP contribution in [0.3, 0.4) is 0 Å². The largest absolute Gasteiger partial charge is 0.314 e. The van der Waals surface area contributed by atoms with Gasteiger partial charge in [0.05, 0.1) is 10.5 Å². The van der Waals surface area contributed by atoms with E-state index in [0.29, 0.717) is 13.1 Å². The lowest BCUT2D eigenvalue weighted by Crippen LogP contribution is -2.49. The first-order valence-corrected chi connectivity index (χ1v) is 9.11. The van der Waals surface area contributed by atoms with Crippen LogP contribution in [-0.2, 0) is 10.0 Å². The standard InChI is InChI=1S/C15H19FN4O2S.ClH/c16-15-2-1-14(9-12(15)10-17)23(21,22)20-6-3-13(11-20)19-7-4-18-5-8-19;/h1-2,9,13,18H,3-8,11H2;1H. The molecule has 6 nitrogen and oxygen atoms in total. The Kier molecular flexibility index (Phi) is 6.17. The third-order valence-electron chi connectivity index (χ3n) is 4.49. The van der Waals surface area contributed by atoms with Gasteiger partial charge in [-0.15, -0.1) is 12.4 Å². The summed E-state index contributed by atoms with van der Waals surface area (Å²) in [5.41, 5.74) is -0.246. The molecule has 0 aliphatic carbocycles. The van der Waals surface area contributed by atoms with Crippen LogP contribution in [0.5, 0.6) is 0 Å². The van der Waals surface area contributed by atoms with E-state index in [9.17, 15) is 12.8 Å². The molecule has 2 aliphatic rings. The van der Waals surface area contributed by atoms with Crippen molar-refractivity contribution in [3.05, 3.63) is 29.6 Å². The highest BCUT2D eigenvalue weighted by atomic mass is 35.5.